The van der Waals surface area contributed by atoms with Crippen molar-refractivity contribution < 1.29 is 4.79 Å². The Kier molecular flexibility index (Phi) is 8.96. The van der Waals surface area contributed by atoms with Crippen molar-refractivity contribution in [3.63, 3.8) is 0 Å². The number of nitrogens with two attached hydrogens (primary N) is 1. The Bertz CT molecular complexity index is 287. The Hall–Kier alpha value is -0.800. The third kappa shape index (κ3) is 8.50. The van der Waals surface area contributed by atoms with Crippen LogP contribution in [0.2, 0.25) is 0 Å². The summed E-state index contributed by atoms with van der Waals surface area (Å²) in [6.07, 6.45) is 2.81. The fraction of sp³-hybridized carbons (Fsp3) is 0.462. The fourth-order valence-corrected chi connectivity index (χ4v) is 1.47. The lowest BCUT2D eigenvalue weighted by molar-refractivity contribution is -0.118. The molecule has 0 aliphatic carbocycles. The van der Waals surface area contributed by atoms with Crippen LogP contribution in [-0.4, -0.2) is 23.8 Å². The van der Waals surface area contributed by atoms with Crippen molar-refractivity contribution in [2.24, 2.45) is 5.73 Å². The first-order valence-electron chi connectivity index (χ1n) is 5.34. The standard InChI is InChI=1S/C7H8.C6H13NOS/c1-7-5-3-2-4-6-7;1-5(8)6(7)3-4-9-2/h2-6H,1H3;6H,3-4,7H2,1-2H3/t;6-/m.0/s1. The maximum absolute atomic E-state index is 10.5. The molecule has 1 rings (SSSR count). The van der Waals surface area contributed by atoms with Gasteiger partial charge in [-0.15, -0.1) is 0 Å². The Morgan fingerprint density at radius 1 is 1.38 bits per heavy atom. The highest BCUT2D eigenvalue weighted by Gasteiger charge is 2.05. The van der Waals surface area contributed by atoms with E-state index in [2.05, 4.69) is 19.1 Å². The monoisotopic (exact) mass is 239 g/mol. The number of ketones is 1. The molecule has 0 heterocycles. The SMILES string of the molecule is CSCC[C@H](N)C(C)=O.Cc1ccccc1. The summed E-state index contributed by atoms with van der Waals surface area (Å²) in [6, 6.07) is 10.0. The average molecular weight is 239 g/mol. The molecule has 0 aliphatic rings. The van der Waals surface area contributed by atoms with Crippen LogP contribution in [-0.2, 0) is 4.79 Å². The Morgan fingerprint density at radius 2 is 1.94 bits per heavy atom. The van der Waals surface area contributed by atoms with E-state index in [1.807, 2.05) is 24.5 Å². The van der Waals surface area contributed by atoms with Gasteiger partial charge in [0.2, 0.25) is 0 Å². The Labute approximate surface area is 103 Å². The molecule has 0 radical (unpaired) electrons. The lowest BCUT2D eigenvalue weighted by atomic mass is 10.2. The van der Waals surface area contributed by atoms with E-state index in [9.17, 15) is 4.79 Å². The van der Waals surface area contributed by atoms with E-state index in [1.165, 1.54) is 12.5 Å². The number of carbonyl (C=O) groups excluding carboxylic acids is 1. The van der Waals surface area contributed by atoms with E-state index in [-0.39, 0.29) is 11.8 Å². The van der Waals surface area contributed by atoms with E-state index in [0.29, 0.717) is 0 Å². The molecule has 0 saturated heterocycles. The molecular formula is C13H21NOS. The molecule has 0 unspecified atom stereocenters. The van der Waals surface area contributed by atoms with Gasteiger partial charge < -0.3 is 5.73 Å². The first kappa shape index (κ1) is 15.2. The number of Topliss-reactive ketones (excluding diaryl/α,β-unsaturated/α-hetero) is 1. The Morgan fingerprint density at radius 3 is 2.25 bits per heavy atom. The highest BCUT2D eigenvalue weighted by atomic mass is 32.2. The molecule has 2 N–H and O–H groups in total. The third-order valence-corrected chi connectivity index (χ3v) is 2.74. The summed E-state index contributed by atoms with van der Waals surface area (Å²) < 4.78 is 0. The van der Waals surface area contributed by atoms with Gasteiger partial charge in [0.05, 0.1) is 6.04 Å². The number of aryl methyl sites for hydroxylation is 1. The summed E-state index contributed by atoms with van der Waals surface area (Å²) in [7, 11) is 0. The van der Waals surface area contributed by atoms with Gasteiger partial charge in [0.25, 0.3) is 0 Å². The van der Waals surface area contributed by atoms with Gasteiger partial charge in [-0.3, -0.25) is 4.79 Å². The minimum Gasteiger partial charge on any atom is -0.321 e. The van der Waals surface area contributed by atoms with Crippen molar-refractivity contribution in [2.75, 3.05) is 12.0 Å². The molecule has 1 aromatic rings. The first-order chi connectivity index (χ1) is 7.57. The number of hydrogen-bond acceptors (Lipinski definition) is 3. The predicted octanol–water partition coefficient (Wildman–Crippen LogP) is 2.65. The van der Waals surface area contributed by atoms with Crippen molar-refractivity contribution >= 4 is 17.5 Å². The van der Waals surface area contributed by atoms with Crippen LogP contribution in [0.5, 0.6) is 0 Å². The number of thioether (sulfide) groups is 1. The van der Waals surface area contributed by atoms with Crippen molar-refractivity contribution in [2.45, 2.75) is 26.3 Å². The maximum Gasteiger partial charge on any atom is 0.146 e. The van der Waals surface area contributed by atoms with E-state index in [0.717, 1.165) is 12.2 Å². The quantitative estimate of drug-likeness (QED) is 0.878. The average Bonchev–Trinajstić information content (AvgIpc) is 2.27. The molecule has 2 nitrogen and oxygen atoms in total. The molecule has 0 aromatic heterocycles. The third-order valence-electron chi connectivity index (χ3n) is 2.10. The van der Waals surface area contributed by atoms with Gasteiger partial charge in [0, 0.05) is 0 Å². The van der Waals surface area contributed by atoms with Gasteiger partial charge in [0.15, 0.2) is 0 Å². The van der Waals surface area contributed by atoms with Crippen molar-refractivity contribution in [3.05, 3.63) is 35.9 Å². The zero-order valence-corrected chi connectivity index (χ0v) is 11.1. The van der Waals surface area contributed by atoms with Crippen LogP contribution in [0.4, 0.5) is 0 Å². The van der Waals surface area contributed by atoms with Crippen LogP contribution < -0.4 is 5.73 Å². The lowest BCUT2D eigenvalue weighted by Crippen LogP contribution is -2.28. The summed E-state index contributed by atoms with van der Waals surface area (Å²) in [4.78, 5) is 10.5. The number of hydrogen-bond donors (Lipinski definition) is 1. The summed E-state index contributed by atoms with van der Waals surface area (Å²) in [6.45, 7) is 3.62. The summed E-state index contributed by atoms with van der Waals surface area (Å²) in [5.74, 6) is 1.06. The summed E-state index contributed by atoms with van der Waals surface area (Å²) in [5.41, 5.74) is 6.76. The molecule has 0 spiro atoms. The maximum atomic E-state index is 10.5. The first-order valence-corrected chi connectivity index (χ1v) is 6.74. The second-order valence-electron chi connectivity index (χ2n) is 3.65. The van der Waals surface area contributed by atoms with E-state index in [4.69, 9.17) is 5.73 Å². The number of benzene rings is 1. The van der Waals surface area contributed by atoms with Gasteiger partial charge >= 0.3 is 0 Å². The second kappa shape index (κ2) is 9.43. The molecule has 0 bridgehead atoms. The van der Waals surface area contributed by atoms with E-state index in [1.54, 1.807) is 11.8 Å². The predicted molar refractivity (Wildman–Crippen MR) is 72.8 cm³/mol. The second-order valence-corrected chi connectivity index (χ2v) is 4.64. The lowest BCUT2D eigenvalue weighted by Gasteiger charge is -2.03. The Balaban J connectivity index is 0.000000288. The largest absolute Gasteiger partial charge is 0.321 e. The molecule has 1 atom stereocenters. The smallest absolute Gasteiger partial charge is 0.146 e. The van der Waals surface area contributed by atoms with Crippen LogP contribution >= 0.6 is 11.8 Å². The number of rotatable bonds is 4. The normalized spacial score (nSPS) is 11.2. The molecule has 1 aromatic carbocycles. The molecule has 0 saturated carbocycles. The van der Waals surface area contributed by atoms with Crippen molar-refractivity contribution in [1.82, 2.24) is 0 Å². The molecule has 0 aliphatic heterocycles. The summed E-state index contributed by atoms with van der Waals surface area (Å²) in [5, 5.41) is 0. The topological polar surface area (TPSA) is 43.1 Å². The van der Waals surface area contributed by atoms with Crippen LogP contribution in [0.1, 0.15) is 18.9 Å². The zero-order chi connectivity index (χ0) is 12.4. The van der Waals surface area contributed by atoms with Gasteiger partial charge in [-0.05, 0) is 32.3 Å². The molecule has 0 fully saturated rings. The zero-order valence-electron chi connectivity index (χ0n) is 10.3. The molecule has 3 heteroatoms. The van der Waals surface area contributed by atoms with Gasteiger partial charge in [-0.1, -0.05) is 35.9 Å². The highest BCUT2D eigenvalue weighted by Crippen LogP contribution is 1.98. The van der Waals surface area contributed by atoms with E-state index < -0.39 is 0 Å². The highest BCUT2D eigenvalue weighted by molar-refractivity contribution is 7.98. The van der Waals surface area contributed by atoms with Crippen LogP contribution in [0.15, 0.2) is 30.3 Å². The van der Waals surface area contributed by atoms with Crippen LogP contribution in [0, 0.1) is 6.92 Å². The molecule has 16 heavy (non-hydrogen) atoms. The molecule has 90 valence electrons. The molecular weight excluding hydrogens is 218 g/mol. The minimum atomic E-state index is -0.238. The van der Waals surface area contributed by atoms with E-state index >= 15 is 0 Å². The van der Waals surface area contributed by atoms with Crippen molar-refractivity contribution in [1.29, 1.82) is 0 Å². The fourth-order valence-electron chi connectivity index (χ4n) is 0.982. The van der Waals surface area contributed by atoms with Gasteiger partial charge in [-0.25, -0.2) is 0 Å². The van der Waals surface area contributed by atoms with Gasteiger partial charge in [-0.2, -0.15) is 11.8 Å². The number of carbonyl (C=O) groups is 1. The van der Waals surface area contributed by atoms with Crippen LogP contribution in [0.25, 0.3) is 0 Å². The minimum absolute atomic E-state index is 0.0871. The van der Waals surface area contributed by atoms with Gasteiger partial charge in [0.1, 0.15) is 5.78 Å². The molecule has 0 amide bonds. The summed E-state index contributed by atoms with van der Waals surface area (Å²) >= 11 is 1.72. The van der Waals surface area contributed by atoms with Crippen LogP contribution in [0.3, 0.4) is 0 Å². The van der Waals surface area contributed by atoms with Crippen molar-refractivity contribution in [3.8, 4) is 0 Å².